The summed E-state index contributed by atoms with van der Waals surface area (Å²) in [5.41, 5.74) is 6.03. The lowest BCUT2D eigenvalue weighted by Gasteiger charge is -2.03. The standard InChI is InChI=1S/C24H18N4O2/c1-15-20(8-6-16-7-9-22-18(10-16)13-26-27-22)24-21(14-25-15)23(28-30-24)12-17-4-3-5-19(11-17)29-2/h3-5,7,9-11,13-14H,12H2,1-2H3,(H,26,27). The number of benzene rings is 2. The maximum atomic E-state index is 5.70. The van der Waals surface area contributed by atoms with E-state index in [1.165, 1.54) is 0 Å². The van der Waals surface area contributed by atoms with Gasteiger partial charge in [-0.3, -0.25) is 10.1 Å². The van der Waals surface area contributed by atoms with Crippen LogP contribution in [0.1, 0.15) is 28.1 Å². The number of aromatic nitrogens is 4. The minimum Gasteiger partial charge on any atom is -0.497 e. The SMILES string of the molecule is COc1cccc(Cc2noc3c(C#Cc4ccc5[nH]ncc5c4)c(C)ncc23)c1. The molecule has 3 heterocycles. The third-order valence-corrected chi connectivity index (χ3v) is 5.06. The molecule has 146 valence electrons. The molecule has 3 aromatic heterocycles. The van der Waals surface area contributed by atoms with E-state index < -0.39 is 0 Å². The highest BCUT2D eigenvalue weighted by molar-refractivity contribution is 5.85. The molecule has 5 rings (SSSR count). The van der Waals surface area contributed by atoms with Crippen LogP contribution in [0.15, 0.2) is 59.4 Å². The van der Waals surface area contributed by atoms with Crippen molar-refractivity contribution in [2.24, 2.45) is 0 Å². The molecule has 5 aromatic rings. The van der Waals surface area contributed by atoms with Crippen molar-refractivity contribution < 1.29 is 9.26 Å². The first kappa shape index (κ1) is 18.0. The average molecular weight is 394 g/mol. The van der Waals surface area contributed by atoms with Crippen LogP contribution in [0.25, 0.3) is 21.9 Å². The number of rotatable bonds is 3. The van der Waals surface area contributed by atoms with Gasteiger partial charge in [-0.1, -0.05) is 29.1 Å². The van der Waals surface area contributed by atoms with Gasteiger partial charge in [-0.25, -0.2) is 0 Å². The predicted molar refractivity (Wildman–Crippen MR) is 114 cm³/mol. The van der Waals surface area contributed by atoms with E-state index in [2.05, 4.69) is 32.2 Å². The van der Waals surface area contributed by atoms with Gasteiger partial charge in [0.15, 0.2) is 5.58 Å². The first-order chi connectivity index (χ1) is 14.7. The zero-order valence-corrected chi connectivity index (χ0v) is 16.6. The fourth-order valence-corrected chi connectivity index (χ4v) is 3.44. The number of fused-ring (bicyclic) bond motifs is 2. The summed E-state index contributed by atoms with van der Waals surface area (Å²) in [5, 5.41) is 13.2. The summed E-state index contributed by atoms with van der Waals surface area (Å²) in [5.74, 6) is 7.26. The Morgan fingerprint density at radius 2 is 2.03 bits per heavy atom. The summed E-state index contributed by atoms with van der Waals surface area (Å²) in [6, 6.07) is 13.9. The molecule has 6 heteroatoms. The van der Waals surface area contributed by atoms with Crippen LogP contribution in [-0.2, 0) is 6.42 Å². The molecular weight excluding hydrogens is 376 g/mol. The fourth-order valence-electron chi connectivity index (χ4n) is 3.44. The third-order valence-electron chi connectivity index (χ3n) is 5.06. The minimum absolute atomic E-state index is 0.624. The van der Waals surface area contributed by atoms with Gasteiger partial charge in [0.2, 0.25) is 0 Å². The van der Waals surface area contributed by atoms with Gasteiger partial charge in [-0.15, -0.1) is 0 Å². The summed E-state index contributed by atoms with van der Waals surface area (Å²) in [7, 11) is 1.66. The number of hydrogen-bond acceptors (Lipinski definition) is 5. The molecule has 6 nitrogen and oxygen atoms in total. The van der Waals surface area contributed by atoms with Crippen LogP contribution < -0.4 is 4.74 Å². The van der Waals surface area contributed by atoms with Crippen molar-refractivity contribution in [3.8, 4) is 17.6 Å². The molecule has 0 radical (unpaired) electrons. The van der Waals surface area contributed by atoms with E-state index in [1.807, 2.05) is 49.4 Å². The second kappa shape index (κ2) is 7.37. The molecule has 0 fully saturated rings. The first-order valence-corrected chi connectivity index (χ1v) is 9.53. The van der Waals surface area contributed by atoms with E-state index in [0.29, 0.717) is 12.0 Å². The molecule has 0 spiro atoms. The van der Waals surface area contributed by atoms with Gasteiger partial charge in [-0.05, 0) is 42.8 Å². The molecule has 0 aliphatic rings. The van der Waals surface area contributed by atoms with Crippen molar-refractivity contribution in [2.45, 2.75) is 13.3 Å². The number of pyridine rings is 1. The number of nitrogens with one attached hydrogen (secondary N) is 1. The zero-order chi connectivity index (χ0) is 20.5. The molecule has 2 aromatic carbocycles. The van der Waals surface area contributed by atoms with Crippen LogP contribution in [0.3, 0.4) is 0 Å². The molecule has 0 saturated carbocycles. The Morgan fingerprint density at radius 3 is 2.93 bits per heavy atom. The summed E-state index contributed by atoms with van der Waals surface area (Å²) < 4.78 is 11.0. The lowest BCUT2D eigenvalue weighted by molar-refractivity contribution is 0.414. The Hall–Kier alpha value is -4.11. The van der Waals surface area contributed by atoms with Crippen LogP contribution in [0.4, 0.5) is 0 Å². The fraction of sp³-hybridized carbons (Fsp3) is 0.125. The zero-order valence-electron chi connectivity index (χ0n) is 16.6. The number of aromatic amines is 1. The summed E-state index contributed by atoms with van der Waals surface area (Å²) >= 11 is 0. The van der Waals surface area contributed by atoms with E-state index in [1.54, 1.807) is 19.5 Å². The van der Waals surface area contributed by atoms with Gasteiger partial charge in [-0.2, -0.15) is 5.10 Å². The van der Waals surface area contributed by atoms with Crippen molar-refractivity contribution in [1.29, 1.82) is 0 Å². The highest BCUT2D eigenvalue weighted by Crippen LogP contribution is 2.26. The van der Waals surface area contributed by atoms with Crippen molar-refractivity contribution in [3.05, 3.63) is 82.9 Å². The molecule has 0 aliphatic heterocycles. The highest BCUT2D eigenvalue weighted by Gasteiger charge is 2.15. The van der Waals surface area contributed by atoms with Gasteiger partial charge in [0, 0.05) is 23.6 Å². The molecule has 1 N–H and O–H groups in total. The van der Waals surface area contributed by atoms with Crippen LogP contribution in [0.5, 0.6) is 5.75 Å². The number of methoxy groups -OCH3 is 1. The normalized spacial score (nSPS) is 10.9. The summed E-state index contributed by atoms with van der Waals surface area (Å²) in [4.78, 5) is 4.53. The lowest BCUT2D eigenvalue weighted by Crippen LogP contribution is -1.92. The average Bonchev–Trinajstić information content (AvgIpc) is 3.40. The molecule has 0 bridgehead atoms. The highest BCUT2D eigenvalue weighted by atomic mass is 16.5. The second-order valence-electron chi connectivity index (χ2n) is 7.04. The third kappa shape index (κ3) is 3.27. The molecule has 0 amide bonds. The Kier molecular flexibility index (Phi) is 4.41. The first-order valence-electron chi connectivity index (χ1n) is 9.53. The van der Waals surface area contributed by atoms with Crippen molar-refractivity contribution >= 4 is 21.9 Å². The van der Waals surface area contributed by atoms with Crippen LogP contribution in [-0.4, -0.2) is 27.4 Å². The van der Waals surface area contributed by atoms with E-state index in [0.717, 1.165) is 50.1 Å². The number of ether oxygens (including phenoxy) is 1. The maximum absolute atomic E-state index is 5.70. The second-order valence-corrected chi connectivity index (χ2v) is 7.04. The number of aryl methyl sites for hydroxylation is 1. The van der Waals surface area contributed by atoms with E-state index in [4.69, 9.17) is 9.26 Å². The van der Waals surface area contributed by atoms with Crippen molar-refractivity contribution in [3.63, 3.8) is 0 Å². The Balaban J connectivity index is 1.52. The predicted octanol–water partition coefficient (Wildman–Crippen LogP) is 4.41. The number of hydrogen-bond donors (Lipinski definition) is 1. The molecular formula is C24H18N4O2. The molecule has 0 saturated heterocycles. The molecule has 30 heavy (non-hydrogen) atoms. The molecule has 0 unspecified atom stereocenters. The Labute approximate surface area is 172 Å². The van der Waals surface area contributed by atoms with Crippen LogP contribution in [0.2, 0.25) is 0 Å². The lowest BCUT2D eigenvalue weighted by atomic mass is 10.1. The van der Waals surface area contributed by atoms with Gasteiger partial charge >= 0.3 is 0 Å². The largest absolute Gasteiger partial charge is 0.497 e. The van der Waals surface area contributed by atoms with Gasteiger partial charge < -0.3 is 9.26 Å². The monoisotopic (exact) mass is 394 g/mol. The van der Waals surface area contributed by atoms with E-state index >= 15 is 0 Å². The van der Waals surface area contributed by atoms with E-state index in [9.17, 15) is 0 Å². The number of H-pyrrole nitrogens is 1. The van der Waals surface area contributed by atoms with Gasteiger partial charge in [0.05, 0.1) is 41.2 Å². The van der Waals surface area contributed by atoms with Gasteiger partial charge in [0.1, 0.15) is 5.75 Å². The minimum atomic E-state index is 0.624. The quantitative estimate of drug-likeness (QED) is 0.459. The summed E-state index contributed by atoms with van der Waals surface area (Å²) in [6.07, 6.45) is 4.22. The van der Waals surface area contributed by atoms with Crippen LogP contribution >= 0.6 is 0 Å². The van der Waals surface area contributed by atoms with Crippen molar-refractivity contribution in [2.75, 3.05) is 7.11 Å². The summed E-state index contributed by atoms with van der Waals surface area (Å²) in [6.45, 7) is 1.92. The maximum Gasteiger partial charge on any atom is 0.186 e. The topological polar surface area (TPSA) is 76.8 Å². The Morgan fingerprint density at radius 1 is 1.10 bits per heavy atom. The van der Waals surface area contributed by atoms with Crippen molar-refractivity contribution in [1.82, 2.24) is 20.3 Å². The number of nitrogens with zero attached hydrogens (tertiary/aromatic N) is 3. The molecule has 0 aliphatic carbocycles. The van der Waals surface area contributed by atoms with Crippen LogP contribution in [0, 0.1) is 18.8 Å². The van der Waals surface area contributed by atoms with Gasteiger partial charge in [0.25, 0.3) is 0 Å². The molecule has 0 atom stereocenters. The van der Waals surface area contributed by atoms with E-state index in [-0.39, 0.29) is 0 Å². The Bertz CT molecular complexity index is 1440. The smallest absolute Gasteiger partial charge is 0.186 e.